The van der Waals surface area contributed by atoms with Crippen LogP contribution in [0.3, 0.4) is 0 Å². The molecule has 0 bridgehead atoms. The maximum absolute atomic E-state index is 9.66. The Labute approximate surface area is 128 Å². The average molecular weight is 216 g/mol. The number of hydrogen-bond donors (Lipinski definition) is 1. The Morgan fingerprint density at radius 1 is 1.00 bits per heavy atom. The second-order valence-electron chi connectivity index (χ2n) is 3.89. The van der Waals surface area contributed by atoms with Crippen molar-refractivity contribution in [3.8, 4) is 5.75 Å². The van der Waals surface area contributed by atoms with Crippen LogP contribution in [0, 0.1) is 0 Å². The summed E-state index contributed by atoms with van der Waals surface area (Å²) in [6.45, 7) is 0. The first-order valence-corrected chi connectivity index (χ1v) is 5.16. The molecule has 1 aromatic rings. The van der Waals surface area contributed by atoms with E-state index < -0.39 is 0 Å². The van der Waals surface area contributed by atoms with Crippen molar-refractivity contribution in [2.45, 2.75) is 38.0 Å². The third-order valence-electron chi connectivity index (χ3n) is 2.98. The van der Waals surface area contributed by atoms with Gasteiger partial charge in [0, 0.05) is 0 Å². The quantitative estimate of drug-likeness (QED) is 0.716. The van der Waals surface area contributed by atoms with Gasteiger partial charge in [-0.15, -0.1) is 0 Å². The molecule has 1 N–H and O–H groups in total. The first-order valence-electron chi connectivity index (χ1n) is 5.16. The predicted molar refractivity (Wildman–Crippen MR) is 61.1 cm³/mol. The SMILES string of the molecule is Oc1ccccc1C1CCCCC1.[KH]. The minimum absolute atomic E-state index is 0. The molecule has 14 heavy (non-hydrogen) atoms. The summed E-state index contributed by atoms with van der Waals surface area (Å²) in [5.74, 6) is 1.09. The monoisotopic (exact) mass is 216 g/mol. The summed E-state index contributed by atoms with van der Waals surface area (Å²) in [6.07, 6.45) is 6.50. The zero-order chi connectivity index (χ0) is 9.10. The molecule has 1 aliphatic rings. The van der Waals surface area contributed by atoms with Crippen molar-refractivity contribution in [3.63, 3.8) is 0 Å². The third kappa shape index (κ3) is 3.07. The van der Waals surface area contributed by atoms with Gasteiger partial charge in [0.2, 0.25) is 0 Å². The van der Waals surface area contributed by atoms with E-state index in [9.17, 15) is 5.11 Å². The zero-order valence-corrected chi connectivity index (χ0v) is 7.87. The first kappa shape index (κ1) is 12.7. The van der Waals surface area contributed by atoms with E-state index in [0.29, 0.717) is 11.7 Å². The van der Waals surface area contributed by atoms with Gasteiger partial charge in [0.05, 0.1) is 0 Å². The van der Waals surface area contributed by atoms with Crippen molar-refractivity contribution >= 4 is 51.4 Å². The van der Waals surface area contributed by atoms with Gasteiger partial charge in [0.1, 0.15) is 5.75 Å². The van der Waals surface area contributed by atoms with E-state index in [-0.39, 0.29) is 51.4 Å². The van der Waals surface area contributed by atoms with Gasteiger partial charge in [0.15, 0.2) is 0 Å². The molecule has 0 amide bonds. The van der Waals surface area contributed by atoms with Crippen LogP contribution in [0.5, 0.6) is 5.75 Å². The van der Waals surface area contributed by atoms with E-state index >= 15 is 0 Å². The van der Waals surface area contributed by atoms with Gasteiger partial charge in [-0.1, -0.05) is 37.5 Å². The second-order valence-corrected chi connectivity index (χ2v) is 3.89. The van der Waals surface area contributed by atoms with Gasteiger partial charge in [-0.2, -0.15) is 0 Å². The van der Waals surface area contributed by atoms with E-state index in [1.807, 2.05) is 12.1 Å². The van der Waals surface area contributed by atoms with Gasteiger partial charge in [-0.05, 0) is 30.4 Å². The van der Waals surface area contributed by atoms with E-state index in [1.54, 1.807) is 6.07 Å². The first-order chi connectivity index (χ1) is 6.38. The van der Waals surface area contributed by atoms with Crippen molar-refractivity contribution in [3.05, 3.63) is 29.8 Å². The second kappa shape index (κ2) is 6.28. The minimum atomic E-state index is 0. The van der Waals surface area contributed by atoms with Crippen molar-refractivity contribution in [1.82, 2.24) is 0 Å². The van der Waals surface area contributed by atoms with Gasteiger partial charge in [0.25, 0.3) is 0 Å². The van der Waals surface area contributed by atoms with Crippen LogP contribution in [0.25, 0.3) is 0 Å². The number of aromatic hydroxyl groups is 1. The molecule has 0 aliphatic heterocycles. The molecular formula is C12H17KO. The van der Waals surface area contributed by atoms with Gasteiger partial charge in [-0.3, -0.25) is 0 Å². The Balaban J connectivity index is 0.000000980. The summed E-state index contributed by atoms with van der Waals surface area (Å²) in [7, 11) is 0. The van der Waals surface area contributed by atoms with Crippen molar-refractivity contribution in [2.75, 3.05) is 0 Å². The molecule has 72 valence electrons. The number of phenolic OH excluding ortho intramolecular Hbond substituents is 1. The molecule has 1 nitrogen and oxygen atoms in total. The number of rotatable bonds is 1. The van der Waals surface area contributed by atoms with Crippen LogP contribution in [0.1, 0.15) is 43.6 Å². The number of hydrogen-bond acceptors (Lipinski definition) is 1. The fraction of sp³-hybridized carbons (Fsp3) is 0.500. The van der Waals surface area contributed by atoms with Crippen LogP contribution in [0.2, 0.25) is 0 Å². The molecule has 0 radical (unpaired) electrons. The van der Waals surface area contributed by atoms with E-state index in [4.69, 9.17) is 0 Å². The van der Waals surface area contributed by atoms with Crippen molar-refractivity contribution in [2.24, 2.45) is 0 Å². The molecule has 0 unspecified atom stereocenters. The maximum atomic E-state index is 9.66. The number of benzene rings is 1. The van der Waals surface area contributed by atoms with E-state index in [2.05, 4.69) is 6.07 Å². The molecule has 0 spiro atoms. The molecule has 1 aliphatic carbocycles. The third-order valence-corrected chi connectivity index (χ3v) is 2.98. The average Bonchev–Trinajstić information content (AvgIpc) is 2.20. The van der Waals surface area contributed by atoms with Crippen LogP contribution < -0.4 is 0 Å². The number of phenols is 1. The van der Waals surface area contributed by atoms with Crippen molar-refractivity contribution < 1.29 is 5.11 Å². The Kier molecular flexibility index (Phi) is 5.71. The Bertz CT molecular complexity index is 279. The molecule has 0 saturated heterocycles. The normalized spacial score (nSPS) is 17.4. The fourth-order valence-corrected chi connectivity index (χ4v) is 2.25. The summed E-state index contributed by atoms with van der Waals surface area (Å²) in [5.41, 5.74) is 1.15. The van der Waals surface area contributed by atoms with Crippen molar-refractivity contribution in [1.29, 1.82) is 0 Å². The van der Waals surface area contributed by atoms with Gasteiger partial charge >= 0.3 is 51.4 Å². The number of para-hydroxylation sites is 1. The van der Waals surface area contributed by atoms with E-state index in [1.165, 1.54) is 32.1 Å². The molecule has 0 heterocycles. The summed E-state index contributed by atoms with van der Waals surface area (Å²) in [4.78, 5) is 0. The molecule has 0 atom stereocenters. The standard InChI is InChI=1S/C12H16O.K.H/c13-12-9-5-4-8-11(12)10-6-2-1-3-7-10;;/h4-5,8-10,13H,1-3,6-7H2;;. The molecule has 2 heteroatoms. The Morgan fingerprint density at radius 2 is 1.64 bits per heavy atom. The van der Waals surface area contributed by atoms with Crippen LogP contribution in [-0.2, 0) is 0 Å². The summed E-state index contributed by atoms with van der Waals surface area (Å²) in [5, 5.41) is 9.66. The van der Waals surface area contributed by atoms with E-state index in [0.717, 1.165) is 5.56 Å². The molecule has 2 rings (SSSR count). The summed E-state index contributed by atoms with van der Waals surface area (Å²) in [6, 6.07) is 7.76. The molecular weight excluding hydrogens is 199 g/mol. The van der Waals surface area contributed by atoms with Gasteiger partial charge in [-0.25, -0.2) is 0 Å². The topological polar surface area (TPSA) is 20.2 Å². The van der Waals surface area contributed by atoms with Crippen LogP contribution >= 0.6 is 0 Å². The summed E-state index contributed by atoms with van der Waals surface area (Å²) >= 11 is 0. The molecule has 1 aromatic carbocycles. The zero-order valence-electron chi connectivity index (χ0n) is 7.87. The Hall–Kier alpha value is 0.656. The van der Waals surface area contributed by atoms with Crippen LogP contribution in [-0.4, -0.2) is 56.5 Å². The molecule has 1 fully saturated rings. The summed E-state index contributed by atoms with van der Waals surface area (Å²) < 4.78 is 0. The fourth-order valence-electron chi connectivity index (χ4n) is 2.25. The predicted octanol–water partition coefficient (Wildman–Crippen LogP) is 2.79. The van der Waals surface area contributed by atoms with Crippen LogP contribution in [0.15, 0.2) is 24.3 Å². The molecule has 0 aromatic heterocycles. The molecule has 1 saturated carbocycles. The van der Waals surface area contributed by atoms with Gasteiger partial charge < -0.3 is 5.11 Å². The Morgan fingerprint density at radius 3 is 2.29 bits per heavy atom. The van der Waals surface area contributed by atoms with Crippen LogP contribution in [0.4, 0.5) is 0 Å².